The highest BCUT2D eigenvalue weighted by Gasteiger charge is 2.51. The van der Waals surface area contributed by atoms with Gasteiger partial charge in [0.1, 0.15) is 18.5 Å². The number of carbonyl (C=O) groups is 3. The minimum absolute atomic E-state index is 0.0167. The summed E-state index contributed by atoms with van der Waals surface area (Å²) in [6.07, 6.45) is -1.60. The van der Waals surface area contributed by atoms with Gasteiger partial charge in [-0.25, -0.2) is 4.79 Å². The van der Waals surface area contributed by atoms with Crippen LogP contribution in [0.3, 0.4) is 0 Å². The Labute approximate surface area is 173 Å². The summed E-state index contributed by atoms with van der Waals surface area (Å²) in [5.41, 5.74) is 5.36. The summed E-state index contributed by atoms with van der Waals surface area (Å²) < 4.78 is 22.3. The number of hydrogen-bond donors (Lipinski definition) is 1. The fraction of sp³-hybridized carbons (Fsp3) is 0.471. The van der Waals surface area contributed by atoms with E-state index in [2.05, 4.69) is 20.9 Å². The van der Waals surface area contributed by atoms with Gasteiger partial charge in [0.15, 0.2) is 18.4 Å². The first-order chi connectivity index (χ1) is 13.6. The third kappa shape index (κ3) is 5.64. The monoisotopic (exact) mass is 473 g/mol. The van der Waals surface area contributed by atoms with Gasteiger partial charge in [-0.3, -0.25) is 19.0 Å². The van der Waals surface area contributed by atoms with Crippen molar-refractivity contribution >= 4 is 45.7 Å². The highest BCUT2D eigenvalue weighted by molar-refractivity contribution is 9.11. The summed E-state index contributed by atoms with van der Waals surface area (Å²) in [6.45, 7) is 3.23. The van der Waals surface area contributed by atoms with Crippen LogP contribution >= 0.6 is 15.9 Å². The summed E-state index contributed by atoms with van der Waals surface area (Å²) >= 11 is 3.11. The number of esters is 3. The summed E-state index contributed by atoms with van der Waals surface area (Å²) in [5.74, 6) is -1.96. The molecule has 0 spiro atoms. The van der Waals surface area contributed by atoms with Crippen LogP contribution in [0.15, 0.2) is 16.0 Å². The number of ether oxygens (including phenoxy) is 4. The van der Waals surface area contributed by atoms with Crippen molar-refractivity contribution < 1.29 is 33.3 Å². The van der Waals surface area contributed by atoms with E-state index in [1.807, 2.05) is 0 Å². The van der Waals surface area contributed by atoms with E-state index in [1.54, 1.807) is 6.08 Å². The largest absolute Gasteiger partial charge is 0.463 e. The molecule has 0 bridgehead atoms. The fourth-order valence-corrected chi connectivity index (χ4v) is 3.08. The van der Waals surface area contributed by atoms with Gasteiger partial charge in [0.05, 0.1) is 0 Å². The van der Waals surface area contributed by atoms with E-state index in [1.165, 1.54) is 18.1 Å². The van der Waals surface area contributed by atoms with Crippen LogP contribution < -0.4 is 11.4 Å². The Morgan fingerprint density at radius 2 is 1.83 bits per heavy atom. The zero-order valence-electron chi connectivity index (χ0n) is 15.9. The number of anilines is 1. The second kappa shape index (κ2) is 9.65. The molecular weight excluding hydrogens is 454 g/mol. The third-order valence-electron chi connectivity index (χ3n) is 3.87. The molecule has 12 heteroatoms. The molecular formula is C17H20BrN3O8. The molecule has 0 radical (unpaired) electrons. The maximum Gasteiger partial charge on any atom is 0.351 e. The van der Waals surface area contributed by atoms with Gasteiger partial charge in [-0.1, -0.05) is 15.9 Å². The number of rotatable bonds is 6. The van der Waals surface area contributed by atoms with Gasteiger partial charge >= 0.3 is 23.6 Å². The molecule has 11 nitrogen and oxygen atoms in total. The standard InChI is InChI=1S/C17H20BrN3O8/c1-8(22)26-7-12-13(27-9(2)23)14(28-10(3)24)16(29-12)21-6-11(4-5-18)15(19)20-17(21)25/h4-6,12-14,16H,7H2,1-3H3,(H2,19,20,25)/t12-,13+,14-,16-/m1/s1. The van der Waals surface area contributed by atoms with Crippen LogP contribution in [0.5, 0.6) is 0 Å². The molecule has 2 N–H and O–H groups in total. The first-order valence-electron chi connectivity index (χ1n) is 8.42. The molecule has 1 aromatic heterocycles. The van der Waals surface area contributed by atoms with Crippen LogP contribution in [0, 0.1) is 0 Å². The molecule has 0 aromatic carbocycles. The molecule has 158 valence electrons. The summed E-state index contributed by atoms with van der Waals surface area (Å²) in [5, 5.41) is 0. The molecule has 0 aliphatic carbocycles. The second-order valence-electron chi connectivity index (χ2n) is 6.08. The Hall–Kier alpha value is -2.73. The van der Waals surface area contributed by atoms with Gasteiger partial charge in [0, 0.05) is 32.5 Å². The van der Waals surface area contributed by atoms with Crippen LogP contribution in [0.25, 0.3) is 6.08 Å². The predicted molar refractivity (Wildman–Crippen MR) is 103 cm³/mol. The van der Waals surface area contributed by atoms with Crippen molar-refractivity contribution in [3.05, 3.63) is 27.2 Å². The SMILES string of the molecule is CC(=O)OC[C@H]1O[C@@H](n2cc(C=CBr)c(N)nc2=O)[C@H](OC(C)=O)[C@H]1OC(C)=O. The molecule has 2 heterocycles. The molecule has 2 rings (SSSR count). The van der Waals surface area contributed by atoms with Crippen molar-refractivity contribution in [1.82, 2.24) is 9.55 Å². The van der Waals surface area contributed by atoms with E-state index < -0.39 is 48.1 Å². The van der Waals surface area contributed by atoms with Crippen LogP contribution in [-0.2, 0) is 33.3 Å². The second-order valence-corrected chi connectivity index (χ2v) is 6.61. The molecule has 0 amide bonds. The Morgan fingerprint density at radius 3 is 2.38 bits per heavy atom. The zero-order valence-corrected chi connectivity index (χ0v) is 17.5. The van der Waals surface area contributed by atoms with E-state index in [0.29, 0.717) is 5.56 Å². The van der Waals surface area contributed by atoms with Gasteiger partial charge in [-0.2, -0.15) is 4.98 Å². The van der Waals surface area contributed by atoms with Crippen LogP contribution in [-0.4, -0.2) is 52.4 Å². The molecule has 1 aliphatic rings. The first kappa shape index (κ1) is 22.6. The van der Waals surface area contributed by atoms with Crippen molar-refractivity contribution in [1.29, 1.82) is 0 Å². The molecule has 1 aliphatic heterocycles. The van der Waals surface area contributed by atoms with E-state index in [4.69, 9.17) is 24.7 Å². The predicted octanol–water partition coefficient (Wildman–Crippen LogP) is 0.515. The Bertz CT molecular complexity index is 884. The summed E-state index contributed by atoms with van der Waals surface area (Å²) in [6, 6.07) is 0. The van der Waals surface area contributed by atoms with Crippen molar-refractivity contribution in [2.24, 2.45) is 0 Å². The molecule has 1 saturated heterocycles. The highest BCUT2D eigenvalue weighted by Crippen LogP contribution is 2.34. The van der Waals surface area contributed by atoms with E-state index in [-0.39, 0.29) is 12.4 Å². The normalized spacial score (nSPS) is 23.7. The third-order valence-corrected chi connectivity index (χ3v) is 4.13. The zero-order chi connectivity index (χ0) is 21.7. The lowest BCUT2D eigenvalue weighted by Gasteiger charge is -2.24. The van der Waals surface area contributed by atoms with Gasteiger partial charge in [-0.05, 0) is 11.1 Å². The number of nitrogen functional groups attached to an aromatic ring is 1. The molecule has 1 fully saturated rings. The fourth-order valence-electron chi connectivity index (χ4n) is 2.79. The average molecular weight is 474 g/mol. The lowest BCUT2D eigenvalue weighted by atomic mass is 10.1. The van der Waals surface area contributed by atoms with Gasteiger partial charge < -0.3 is 24.7 Å². The van der Waals surface area contributed by atoms with Crippen LogP contribution in [0.1, 0.15) is 32.6 Å². The lowest BCUT2D eigenvalue weighted by molar-refractivity contribution is -0.166. The molecule has 1 aromatic rings. The van der Waals surface area contributed by atoms with Crippen molar-refractivity contribution in [2.45, 2.75) is 45.3 Å². The minimum atomic E-state index is -1.20. The summed E-state index contributed by atoms with van der Waals surface area (Å²) in [7, 11) is 0. The van der Waals surface area contributed by atoms with Crippen molar-refractivity contribution in [3.8, 4) is 0 Å². The molecule has 0 unspecified atom stereocenters. The number of aromatic nitrogens is 2. The van der Waals surface area contributed by atoms with Crippen molar-refractivity contribution in [2.75, 3.05) is 12.3 Å². The van der Waals surface area contributed by atoms with Crippen LogP contribution in [0.4, 0.5) is 5.82 Å². The number of nitrogens with zero attached hydrogens (tertiary/aromatic N) is 2. The van der Waals surface area contributed by atoms with Crippen molar-refractivity contribution in [3.63, 3.8) is 0 Å². The number of halogens is 1. The smallest absolute Gasteiger partial charge is 0.351 e. The van der Waals surface area contributed by atoms with E-state index in [9.17, 15) is 19.2 Å². The quantitative estimate of drug-likeness (QED) is 0.457. The van der Waals surface area contributed by atoms with Gasteiger partial charge in [0.25, 0.3) is 0 Å². The molecule has 0 saturated carbocycles. The van der Waals surface area contributed by atoms with Crippen LogP contribution in [0.2, 0.25) is 0 Å². The lowest BCUT2D eigenvalue weighted by Crippen LogP contribution is -2.42. The number of nitrogens with two attached hydrogens (primary N) is 1. The van der Waals surface area contributed by atoms with Gasteiger partial charge in [0.2, 0.25) is 0 Å². The Kier molecular flexibility index (Phi) is 7.51. The highest BCUT2D eigenvalue weighted by atomic mass is 79.9. The molecule has 29 heavy (non-hydrogen) atoms. The Morgan fingerprint density at radius 1 is 1.21 bits per heavy atom. The maximum atomic E-state index is 12.4. The van der Waals surface area contributed by atoms with E-state index >= 15 is 0 Å². The number of carbonyl (C=O) groups excluding carboxylic acids is 3. The minimum Gasteiger partial charge on any atom is -0.463 e. The van der Waals surface area contributed by atoms with Gasteiger partial charge in [-0.15, -0.1) is 0 Å². The first-order valence-corrected chi connectivity index (χ1v) is 9.34. The van der Waals surface area contributed by atoms with E-state index in [0.717, 1.165) is 18.4 Å². The summed E-state index contributed by atoms with van der Waals surface area (Å²) in [4.78, 5) is 52.1. The number of hydrogen-bond acceptors (Lipinski definition) is 10. The maximum absolute atomic E-state index is 12.4. The Balaban J connectivity index is 2.51. The topological polar surface area (TPSA) is 149 Å². The average Bonchev–Trinajstić information content (AvgIpc) is 2.92. The molecule has 4 atom stereocenters.